The molecule has 1 unspecified atom stereocenters. The van der Waals surface area contributed by atoms with Gasteiger partial charge in [0.25, 0.3) is 0 Å². The SMILES string of the molecule is COC1CCCN(CCc2ccccc2N)C1. The smallest absolute Gasteiger partial charge is 0.0698 e. The van der Waals surface area contributed by atoms with Crippen LogP contribution < -0.4 is 5.73 Å². The number of nitrogens with zero attached hydrogens (tertiary/aromatic N) is 1. The summed E-state index contributed by atoms with van der Waals surface area (Å²) in [5.41, 5.74) is 8.11. The lowest BCUT2D eigenvalue weighted by Crippen LogP contribution is -2.40. The number of hydrogen-bond acceptors (Lipinski definition) is 3. The first kappa shape index (κ1) is 12.4. The topological polar surface area (TPSA) is 38.5 Å². The second kappa shape index (κ2) is 6.03. The van der Waals surface area contributed by atoms with Gasteiger partial charge in [-0.1, -0.05) is 18.2 Å². The maximum absolute atomic E-state index is 5.95. The molecule has 17 heavy (non-hydrogen) atoms. The van der Waals surface area contributed by atoms with Gasteiger partial charge in [0.2, 0.25) is 0 Å². The molecule has 1 aromatic carbocycles. The molecule has 1 atom stereocenters. The van der Waals surface area contributed by atoms with Crippen LogP contribution >= 0.6 is 0 Å². The van der Waals surface area contributed by atoms with E-state index in [1.165, 1.54) is 24.9 Å². The van der Waals surface area contributed by atoms with Gasteiger partial charge in [-0.2, -0.15) is 0 Å². The Bertz CT molecular complexity index is 354. The van der Waals surface area contributed by atoms with Crippen molar-refractivity contribution in [3.63, 3.8) is 0 Å². The molecule has 3 nitrogen and oxygen atoms in total. The van der Waals surface area contributed by atoms with E-state index in [4.69, 9.17) is 10.5 Å². The number of nitrogen functional groups attached to an aromatic ring is 1. The molecule has 0 amide bonds. The summed E-state index contributed by atoms with van der Waals surface area (Å²) in [5, 5.41) is 0. The minimum Gasteiger partial charge on any atom is -0.399 e. The van der Waals surface area contributed by atoms with Gasteiger partial charge in [0.1, 0.15) is 0 Å². The van der Waals surface area contributed by atoms with E-state index >= 15 is 0 Å². The van der Waals surface area contributed by atoms with Gasteiger partial charge in [0, 0.05) is 25.9 Å². The lowest BCUT2D eigenvalue weighted by atomic mass is 10.1. The van der Waals surface area contributed by atoms with Crippen molar-refractivity contribution >= 4 is 5.69 Å². The number of anilines is 1. The van der Waals surface area contributed by atoms with Gasteiger partial charge >= 0.3 is 0 Å². The molecular weight excluding hydrogens is 212 g/mol. The molecule has 0 spiro atoms. The van der Waals surface area contributed by atoms with E-state index in [0.29, 0.717) is 6.10 Å². The van der Waals surface area contributed by atoms with E-state index in [1.54, 1.807) is 0 Å². The molecule has 2 rings (SSSR count). The quantitative estimate of drug-likeness (QED) is 0.809. The normalized spacial score (nSPS) is 21.6. The number of rotatable bonds is 4. The van der Waals surface area contributed by atoms with E-state index < -0.39 is 0 Å². The number of methoxy groups -OCH3 is 1. The Balaban J connectivity index is 1.84. The minimum absolute atomic E-state index is 0.414. The molecule has 0 saturated carbocycles. The van der Waals surface area contributed by atoms with E-state index in [9.17, 15) is 0 Å². The zero-order valence-electron chi connectivity index (χ0n) is 10.6. The van der Waals surface area contributed by atoms with Crippen molar-refractivity contribution in [2.24, 2.45) is 0 Å². The summed E-state index contributed by atoms with van der Waals surface area (Å²) < 4.78 is 5.43. The van der Waals surface area contributed by atoms with Gasteiger partial charge in [-0.05, 0) is 37.4 Å². The summed E-state index contributed by atoms with van der Waals surface area (Å²) in [4.78, 5) is 2.48. The van der Waals surface area contributed by atoms with Crippen molar-refractivity contribution in [2.75, 3.05) is 32.5 Å². The van der Waals surface area contributed by atoms with E-state index in [0.717, 1.165) is 25.2 Å². The Morgan fingerprint density at radius 3 is 3.00 bits per heavy atom. The second-order valence-corrected chi connectivity index (χ2v) is 4.75. The fraction of sp³-hybridized carbons (Fsp3) is 0.571. The van der Waals surface area contributed by atoms with E-state index in [1.807, 2.05) is 19.2 Å². The summed E-state index contributed by atoms with van der Waals surface area (Å²) in [7, 11) is 1.81. The second-order valence-electron chi connectivity index (χ2n) is 4.75. The maximum Gasteiger partial charge on any atom is 0.0698 e. The van der Waals surface area contributed by atoms with Crippen LogP contribution in [0.5, 0.6) is 0 Å². The first-order valence-electron chi connectivity index (χ1n) is 6.38. The Hall–Kier alpha value is -1.06. The average Bonchev–Trinajstić information content (AvgIpc) is 2.38. The van der Waals surface area contributed by atoms with Gasteiger partial charge in [0.05, 0.1) is 6.10 Å². The molecule has 0 radical (unpaired) electrons. The Labute approximate surface area is 104 Å². The Morgan fingerprint density at radius 1 is 1.41 bits per heavy atom. The van der Waals surface area contributed by atoms with Crippen LogP contribution in [0.2, 0.25) is 0 Å². The van der Waals surface area contributed by atoms with Gasteiger partial charge in [-0.3, -0.25) is 0 Å². The van der Waals surface area contributed by atoms with Crippen molar-refractivity contribution < 1.29 is 4.74 Å². The van der Waals surface area contributed by atoms with Gasteiger partial charge < -0.3 is 15.4 Å². The fourth-order valence-corrected chi connectivity index (χ4v) is 2.45. The van der Waals surface area contributed by atoms with Crippen LogP contribution in [0.3, 0.4) is 0 Å². The number of para-hydroxylation sites is 1. The average molecular weight is 234 g/mol. The molecule has 0 aromatic heterocycles. The highest BCUT2D eigenvalue weighted by molar-refractivity contribution is 5.46. The molecule has 0 aliphatic carbocycles. The van der Waals surface area contributed by atoms with Gasteiger partial charge in [-0.15, -0.1) is 0 Å². The van der Waals surface area contributed by atoms with Crippen molar-refractivity contribution in [1.82, 2.24) is 4.90 Å². The van der Waals surface area contributed by atoms with E-state index in [-0.39, 0.29) is 0 Å². The van der Waals surface area contributed by atoms with Crippen LogP contribution in [0.4, 0.5) is 5.69 Å². The van der Waals surface area contributed by atoms with Crippen molar-refractivity contribution in [3.05, 3.63) is 29.8 Å². The highest BCUT2D eigenvalue weighted by Gasteiger charge is 2.18. The lowest BCUT2D eigenvalue weighted by molar-refractivity contribution is 0.0319. The third kappa shape index (κ3) is 3.45. The van der Waals surface area contributed by atoms with Crippen LogP contribution in [0.1, 0.15) is 18.4 Å². The largest absolute Gasteiger partial charge is 0.399 e. The third-order valence-corrected chi connectivity index (χ3v) is 3.55. The zero-order chi connectivity index (χ0) is 12.1. The highest BCUT2D eigenvalue weighted by Crippen LogP contribution is 2.15. The molecule has 1 aromatic rings. The zero-order valence-corrected chi connectivity index (χ0v) is 10.6. The van der Waals surface area contributed by atoms with Crippen molar-refractivity contribution in [3.8, 4) is 0 Å². The predicted molar refractivity (Wildman–Crippen MR) is 71.0 cm³/mol. The molecule has 1 aliphatic rings. The van der Waals surface area contributed by atoms with Crippen LogP contribution in [-0.2, 0) is 11.2 Å². The summed E-state index contributed by atoms with van der Waals surface area (Å²) in [5.74, 6) is 0. The van der Waals surface area contributed by atoms with E-state index in [2.05, 4.69) is 17.0 Å². The molecule has 94 valence electrons. The molecule has 3 heteroatoms. The van der Waals surface area contributed by atoms with Gasteiger partial charge in [0.15, 0.2) is 0 Å². The molecule has 0 bridgehead atoms. The molecule has 1 aliphatic heterocycles. The standard InChI is InChI=1S/C14H22N2O/c1-17-13-6-4-9-16(11-13)10-8-12-5-2-3-7-14(12)15/h2-3,5,7,13H,4,6,8-11,15H2,1H3. The molecule has 2 N–H and O–H groups in total. The van der Waals surface area contributed by atoms with Crippen molar-refractivity contribution in [2.45, 2.75) is 25.4 Å². The minimum atomic E-state index is 0.414. The number of hydrogen-bond donors (Lipinski definition) is 1. The Morgan fingerprint density at radius 2 is 2.24 bits per heavy atom. The maximum atomic E-state index is 5.95. The number of piperidine rings is 1. The third-order valence-electron chi connectivity index (χ3n) is 3.55. The number of benzene rings is 1. The Kier molecular flexibility index (Phi) is 4.40. The number of likely N-dealkylation sites (tertiary alicyclic amines) is 1. The van der Waals surface area contributed by atoms with Crippen LogP contribution in [0.25, 0.3) is 0 Å². The first-order valence-corrected chi connectivity index (χ1v) is 6.38. The lowest BCUT2D eigenvalue weighted by Gasteiger charge is -2.31. The summed E-state index contributed by atoms with van der Waals surface area (Å²) in [6.45, 7) is 3.32. The summed E-state index contributed by atoms with van der Waals surface area (Å²) in [6.07, 6.45) is 3.88. The fourth-order valence-electron chi connectivity index (χ4n) is 2.45. The first-order chi connectivity index (χ1) is 8.29. The highest BCUT2D eigenvalue weighted by atomic mass is 16.5. The summed E-state index contributed by atoms with van der Waals surface area (Å²) in [6, 6.07) is 8.14. The predicted octanol–water partition coefficient (Wildman–Crippen LogP) is 1.92. The van der Waals surface area contributed by atoms with Gasteiger partial charge in [-0.25, -0.2) is 0 Å². The van der Waals surface area contributed by atoms with Crippen molar-refractivity contribution in [1.29, 1.82) is 0 Å². The van der Waals surface area contributed by atoms with Crippen LogP contribution in [0.15, 0.2) is 24.3 Å². The molecule has 1 saturated heterocycles. The number of ether oxygens (including phenoxy) is 1. The molecule has 1 heterocycles. The summed E-state index contributed by atoms with van der Waals surface area (Å²) >= 11 is 0. The van der Waals surface area contributed by atoms with Crippen LogP contribution in [0, 0.1) is 0 Å². The molecule has 1 fully saturated rings. The molecular formula is C14H22N2O. The number of nitrogens with two attached hydrogens (primary N) is 1. The monoisotopic (exact) mass is 234 g/mol. The van der Waals surface area contributed by atoms with Crippen LogP contribution in [-0.4, -0.2) is 37.7 Å².